The lowest BCUT2D eigenvalue weighted by atomic mass is 10.0. The van der Waals surface area contributed by atoms with Gasteiger partial charge in [-0.25, -0.2) is 9.98 Å². The van der Waals surface area contributed by atoms with Crippen LogP contribution >= 0.6 is 11.3 Å². The van der Waals surface area contributed by atoms with Gasteiger partial charge in [0.15, 0.2) is 5.96 Å². The fraction of sp³-hybridized carbons (Fsp3) is 0.474. The lowest BCUT2D eigenvalue weighted by Gasteiger charge is -2.31. The van der Waals surface area contributed by atoms with Gasteiger partial charge >= 0.3 is 0 Å². The topological polar surface area (TPSA) is 54.5 Å². The van der Waals surface area contributed by atoms with Gasteiger partial charge in [-0.1, -0.05) is 37.3 Å². The lowest BCUT2D eigenvalue weighted by molar-refractivity contribution is 0.270. The van der Waals surface area contributed by atoms with Gasteiger partial charge in [-0.3, -0.25) is 0 Å². The molecule has 0 bridgehead atoms. The Morgan fingerprint density at radius 1 is 1.33 bits per heavy atom. The standard InChI is InChI=1S/C19H26N4S/c1-15-6-5-11-23(13-15)19(20)21-12-17-14-24-18(22-17)10-9-16-7-3-2-4-8-16/h2-4,7-8,14-15H,5-6,9-13H2,1H3,(H2,20,21). The number of nitrogens with zero attached hydrogens (tertiary/aromatic N) is 3. The quantitative estimate of drug-likeness (QED) is 0.668. The third kappa shape index (κ3) is 4.81. The Bertz CT molecular complexity index is 665. The first-order valence-electron chi connectivity index (χ1n) is 8.73. The van der Waals surface area contributed by atoms with E-state index in [-0.39, 0.29) is 0 Å². The highest BCUT2D eigenvalue weighted by atomic mass is 32.1. The van der Waals surface area contributed by atoms with Crippen molar-refractivity contribution in [2.24, 2.45) is 16.6 Å². The Labute approximate surface area is 148 Å². The molecule has 1 unspecified atom stereocenters. The number of hydrogen-bond donors (Lipinski definition) is 1. The van der Waals surface area contributed by atoms with Crippen molar-refractivity contribution >= 4 is 17.3 Å². The van der Waals surface area contributed by atoms with E-state index in [9.17, 15) is 0 Å². The van der Waals surface area contributed by atoms with Crippen molar-refractivity contribution in [1.82, 2.24) is 9.88 Å². The molecule has 4 nitrogen and oxygen atoms in total. The second-order valence-electron chi connectivity index (χ2n) is 6.59. The zero-order chi connectivity index (χ0) is 16.8. The molecule has 1 saturated heterocycles. The predicted octanol–water partition coefficient (Wildman–Crippen LogP) is 3.47. The minimum Gasteiger partial charge on any atom is -0.370 e. The van der Waals surface area contributed by atoms with Gasteiger partial charge in [0, 0.05) is 24.9 Å². The number of hydrogen-bond acceptors (Lipinski definition) is 3. The van der Waals surface area contributed by atoms with Gasteiger partial charge in [0.05, 0.1) is 17.2 Å². The van der Waals surface area contributed by atoms with E-state index < -0.39 is 0 Å². The van der Waals surface area contributed by atoms with Gasteiger partial charge in [-0.2, -0.15) is 0 Å². The van der Waals surface area contributed by atoms with E-state index >= 15 is 0 Å². The summed E-state index contributed by atoms with van der Waals surface area (Å²) in [6, 6.07) is 10.6. The summed E-state index contributed by atoms with van der Waals surface area (Å²) in [4.78, 5) is 11.4. The number of aryl methyl sites for hydroxylation is 2. The van der Waals surface area contributed by atoms with Crippen LogP contribution in [0.5, 0.6) is 0 Å². The summed E-state index contributed by atoms with van der Waals surface area (Å²) in [5, 5.41) is 3.28. The number of rotatable bonds is 5. The van der Waals surface area contributed by atoms with E-state index in [1.165, 1.54) is 23.4 Å². The molecule has 2 N–H and O–H groups in total. The number of guanidine groups is 1. The van der Waals surface area contributed by atoms with Crippen molar-refractivity contribution in [2.45, 2.75) is 39.2 Å². The normalized spacial score (nSPS) is 18.8. The highest BCUT2D eigenvalue weighted by Gasteiger charge is 2.17. The molecule has 0 radical (unpaired) electrons. The fourth-order valence-corrected chi connectivity index (χ4v) is 3.88. The van der Waals surface area contributed by atoms with Gasteiger partial charge in [0.2, 0.25) is 0 Å². The molecule has 0 aliphatic carbocycles. The Morgan fingerprint density at radius 3 is 2.96 bits per heavy atom. The molecule has 0 spiro atoms. The molecule has 24 heavy (non-hydrogen) atoms. The molecular formula is C19H26N4S. The second kappa shape index (κ2) is 8.29. The highest BCUT2D eigenvalue weighted by molar-refractivity contribution is 7.09. The number of aromatic nitrogens is 1. The van der Waals surface area contributed by atoms with Gasteiger partial charge < -0.3 is 10.6 Å². The SMILES string of the molecule is CC1CCCN(C(N)=NCc2csc(CCc3ccccc3)n2)C1. The first-order chi connectivity index (χ1) is 11.7. The van der Waals surface area contributed by atoms with Crippen molar-refractivity contribution in [3.63, 3.8) is 0 Å². The van der Waals surface area contributed by atoms with E-state index in [2.05, 4.69) is 52.5 Å². The van der Waals surface area contributed by atoms with Gasteiger partial charge in [0.1, 0.15) is 0 Å². The summed E-state index contributed by atoms with van der Waals surface area (Å²) >= 11 is 1.72. The van der Waals surface area contributed by atoms with E-state index in [1.54, 1.807) is 11.3 Å². The van der Waals surface area contributed by atoms with Crippen LogP contribution in [-0.2, 0) is 19.4 Å². The molecule has 2 aromatic rings. The van der Waals surface area contributed by atoms with Crippen LogP contribution in [0.4, 0.5) is 0 Å². The molecule has 1 aromatic carbocycles. The number of piperidine rings is 1. The molecular weight excluding hydrogens is 316 g/mol. The molecule has 1 fully saturated rings. The molecule has 2 heterocycles. The van der Waals surface area contributed by atoms with Crippen molar-refractivity contribution in [3.05, 3.63) is 52.0 Å². The average molecular weight is 343 g/mol. The first-order valence-corrected chi connectivity index (χ1v) is 9.61. The molecule has 1 atom stereocenters. The number of nitrogens with two attached hydrogens (primary N) is 1. The molecule has 128 valence electrons. The highest BCUT2D eigenvalue weighted by Crippen LogP contribution is 2.16. The van der Waals surface area contributed by atoms with Crippen molar-refractivity contribution < 1.29 is 0 Å². The van der Waals surface area contributed by atoms with Crippen LogP contribution in [0.1, 0.15) is 36.0 Å². The Hall–Kier alpha value is -1.88. The largest absolute Gasteiger partial charge is 0.370 e. The third-order valence-electron chi connectivity index (χ3n) is 4.45. The molecule has 0 saturated carbocycles. The molecule has 1 aromatic heterocycles. The summed E-state index contributed by atoms with van der Waals surface area (Å²) < 4.78 is 0. The molecule has 5 heteroatoms. The minimum absolute atomic E-state index is 0.582. The number of likely N-dealkylation sites (tertiary alicyclic amines) is 1. The summed E-state index contributed by atoms with van der Waals surface area (Å²) in [5.41, 5.74) is 8.53. The fourth-order valence-electron chi connectivity index (χ4n) is 3.09. The predicted molar refractivity (Wildman–Crippen MR) is 101 cm³/mol. The van der Waals surface area contributed by atoms with Crippen molar-refractivity contribution in [1.29, 1.82) is 0 Å². The van der Waals surface area contributed by atoms with Crippen molar-refractivity contribution in [3.8, 4) is 0 Å². The smallest absolute Gasteiger partial charge is 0.191 e. The molecule has 1 aliphatic rings. The number of benzene rings is 1. The van der Waals surface area contributed by atoms with Crippen LogP contribution < -0.4 is 5.73 Å². The number of aliphatic imine (C=N–C) groups is 1. The van der Waals surface area contributed by atoms with Crippen molar-refractivity contribution in [2.75, 3.05) is 13.1 Å². The molecule has 1 aliphatic heterocycles. The zero-order valence-electron chi connectivity index (χ0n) is 14.3. The van der Waals surface area contributed by atoms with E-state index in [1.807, 2.05) is 0 Å². The van der Waals surface area contributed by atoms with Crippen LogP contribution in [-0.4, -0.2) is 28.9 Å². The summed E-state index contributed by atoms with van der Waals surface area (Å²) in [7, 11) is 0. The lowest BCUT2D eigenvalue weighted by Crippen LogP contribution is -2.43. The molecule has 0 amide bonds. The molecule has 3 rings (SSSR count). The first kappa shape index (κ1) is 17.0. The summed E-state index contributed by atoms with van der Waals surface area (Å²) in [5.74, 6) is 1.37. The van der Waals surface area contributed by atoms with E-state index in [4.69, 9.17) is 10.7 Å². The average Bonchev–Trinajstić information content (AvgIpc) is 3.07. The maximum Gasteiger partial charge on any atom is 0.191 e. The monoisotopic (exact) mass is 342 g/mol. The maximum atomic E-state index is 6.15. The summed E-state index contributed by atoms with van der Waals surface area (Å²) in [6.07, 6.45) is 4.51. The van der Waals surface area contributed by atoms with Gasteiger partial charge in [-0.15, -0.1) is 11.3 Å². The Balaban J connectivity index is 1.51. The van der Waals surface area contributed by atoms with Crippen LogP contribution in [0, 0.1) is 5.92 Å². The van der Waals surface area contributed by atoms with Crippen LogP contribution in [0.2, 0.25) is 0 Å². The van der Waals surface area contributed by atoms with Crippen LogP contribution in [0.15, 0.2) is 40.7 Å². The Kier molecular flexibility index (Phi) is 5.86. The van der Waals surface area contributed by atoms with Gasteiger partial charge in [0.25, 0.3) is 0 Å². The van der Waals surface area contributed by atoms with E-state index in [0.29, 0.717) is 18.4 Å². The second-order valence-corrected chi connectivity index (χ2v) is 7.53. The Morgan fingerprint density at radius 2 is 2.17 bits per heavy atom. The zero-order valence-corrected chi connectivity index (χ0v) is 15.1. The van der Waals surface area contributed by atoms with E-state index in [0.717, 1.165) is 31.6 Å². The maximum absolute atomic E-state index is 6.15. The van der Waals surface area contributed by atoms with Crippen LogP contribution in [0.25, 0.3) is 0 Å². The third-order valence-corrected chi connectivity index (χ3v) is 5.41. The van der Waals surface area contributed by atoms with Crippen LogP contribution in [0.3, 0.4) is 0 Å². The summed E-state index contributed by atoms with van der Waals surface area (Å²) in [6.45, 7) is 4.91. The van der Waals surface area contributed by atoms with Gasteiger partial charge in [-0.05, 0) is 30.7 Å². The number of thiazole rings is 1. The minimum atomic E-state index is 0.582.